The van der Waals surface area contributed by atoms with Crippen LogP contribution in [0, 0.1) is 11.8 Å². The minimum absolute atomic E-state index is 0.0112. The Bertz CT molecular complexity index is 2060. The Labute approximate surface area is 336 Å². The van der Waals surface area contributed by atoms with E-state index >= 15 is 0 Å². The molecule has 0 spiro atoms. The third kappa shape index (κ3) is 7.87. The van der Waals surface area contributed by atoms with Gasteiger partial charge in [0, 0.05) is 23.8 Å². The van der Waals surface area contributed by atoms with Crippen LogP contribution in [0.1, 0.15) is 80.4 Å². The second-order valence-electron chi connectivity index (χ2n) is 17.4. The van der Waals surface area contributed by atoms with Gasteiger partial charge in [-0.3, -0.25) is 9.59 Å². The molecule has 6 aliphatic rings. The molecule has 0 saturated carbocycles. The van der Waals surface area contributed by atoms with Crippen molar-refractivity contribution in [2.24, 2.45) is 11.8 Å². The molecule has 0 radical (unpaired) electrons. The van der Waals surface area contributed by atoms with Crippen molar-refractivity contribution in [1.29, 1.82) is 0 Å². The number of nitrogens with zero attached hydrogens (tertiary/aromatic N) is 2. The van der Waals surface area contributed by atoms with Gasteiger partial charge >= 0.3 is 0 Å². The normalized spacial score (nSPS) is 27.7. The SMILES string of the molecule is CC1(C)O[C@@H]2COc3ccccc3[C@@H]2N1C(=O)[C@H](Cc1ccccc1)C[C@H]1CO1.CC1(C)O[C@@H]2Cc3ccccc3[C@@H]2N1C(=O)[C@H](Cc1ccccc1)C[C@H]1CO1. The molecule has 9 heteroatoms. The number of hydrogen-bond acceptors (Lipinski definition) is 7. The number of carbonyl (C=O) groups is 2. The summed E-state index contributed by atoms with van der Waals surface area (Å²) < 4.78 is 29.6. The van der Waals surface area contributed by atoms with Gasteiger partial charge in [0.1, 0.15) is 29.9 Å². The molecule has 4 fully saturated rings. The van der Waals surface area contributed by atoms with Crippen molar-refractivity contribution in [3.8, 4) is 5.75 Å². The fraction of sp³-hybridized carbons (Fsp3) is 0.458. The first-order valence-electron chi connectivity index (χ1n) is 20.7. The van der Waals surface area contributed by atoms with Gasteiger partial charge in [-0.15, -0.1) is 0 Å². The largest absolute Gasteiger partial charge is 0.490 e. The zero-order valence-corrected chi connectivity index (χ0v) is 33.4. The number of benzene rings is 4. The number of epoxide rings is 2. The highest BCUT2D eigenvalue weighted by Gasteiger charge is 2.56. The van der Waals surface area contributed by atoms with E-state index in [9.17, 15) is 9.59 Å². The van der Waals surface area contributed by atoms with E-state index in [-0.39, 0.29) is 60.1 Å². The Hall–Kier alpha value is -4.54. The number of carbonyl (C=O) groups excluding carboxylic acids is 2. The lowest BCUT2D eigenvalue weighted by molar-refractivity contribution is -0.153. The minimum Gasteiger partial charge on any atom is -0.490 e. The van der Waals surface area contributed by atoms with E-state index in [4.69, 9.17) is 23.7 Å². The molecule has 1 aliphatic carbocycles. The molecule has 10 rings (SSSR count). The van der Waals surface area contributed by atoms with Crippen LogP contribution in [-0.4, -0.2) is 77.3 Å². The molecule has 5 heterocycles. The van der Waals surface area contributed by atoms with Crippen molar-refractivity contribution in [3.05, 3.63) is 137 Å². The van der Waals surface area contributed by atoms with E-state index in [1.165, 1.54) is 22.3 Å². The number of rotatable bonds is 10. The first-order chi connectivity index (χ1) is 27.6. The summed E-state index contributed by atoms with van der Waals surface area (Å²) in [4.78, 5) is 31.8. The Morgan fingerprint density at radius 3 is 1.60 bits per heavy atom. The Balaban J connectivity index is 0.000000148. The van der Waals surface area contributed by atoms with Crippen LogP contribution in [-0.2, 0) is 47.8 Å². The minimum atomic E-state index is -0.688. The Morgan fingerprint density at radius 1 is 0.596 bits per heavy atom. The van der Waals surface area contributed by atoms with Crippen LogP contribution < -0.4 is 4.74 Å². The topological polar surface area (TPSA) is 93.4 Å². The third-order valence-corrected chi connectivity index (χ3v) is 12.5. The van der Waals surface area contributed by atoms with Gasteiger partial charge in [0.2, 0.25) is 11.8 Å². The van der Waals surface area contributed by atoms with Crippen LogP contribution in [0.5, 0.6) is 5.75 Å². The van der Waals surface area contributed by atoms with Gasteiger partial charge in [-0.2, -0.15) is 0 Å². The molecule has 0 aromatic heterocycles. The van der Waals surface area contributed by atoms with E-state index in [0.717, 1.165) is 50.2 Å². The highest BCUT2D eigenvalue weighted by molar-refractivity contribution is 5.82. The predicted molar refractivity (Wildman–Crippen MR) is 215 cm³/mol. The molecule has 5 aliphatic heterocycles. The first kappa shape index (κ1) is 38.0. The van der Waals surface area contributed by atoms with Gasteiger partial charge in [0.25, 0.3) is 0 Å². The summed E-state index contributed by atoms with van der Waals surface area (Å²) in [5, 5.41) is 0. The molecule has 57 heavy (non-hydrogen) atoms. The maximum atomic E-state index is 13.9. The van der Waals surface area contributed by atoms with Crippen LogP contribution in [0.3, 0.4) is 0 Å². The van der Waals surface area contributed by atoms with Gasteiger partial charge in [0.05, 0.1) is 43.6 Å². The van der Waals surface area contributed by atoms with Gasteiger partial charge in [-0.1, -0.05) is 103 Å². The van der Waals surface area contributed by atoms with Crippen molar-refractivity contribution >= 4 is 11.8 Å². The summed E-state index contributed by atoms with van der Waals surface area (Å²) in [7, 11) is 0. The van der Waals surface area contributed by atoms with E-state index in [0.29, 0.717) is 13.0 Å². The summed E-state index contributed by atoms with van der Waals surface area (Å²) in [5.41, 5.74) is 4.66. The van der Waals surface area contributed by atoms with Crippen molar-refractivity contribution < 1.29 is 33.3 Å². The summed E-state index contributed by atoms with van der Waals surface area (Å²) in [6.45, 7) is 10.0. The number of amides is 2. The third-order valence-electron chi connectivity index (χ3n) is 12.5. The second kappa shape index (κ2) is 15.3. The van der Waals surface area contributed by atoms with E-state index < -0.39 is 11.4 Å². The average Bonchev–Trinajstić information content (AvgIpc) is 4.13. The molecule has 9 nitrogen and oxygen atoms in total. The van der Waals surface area contributed by atoms with Gasteiger partial charge in [-0.25, -0.2) is 0 Å². The van der Waals surface area contributed by atoms with Crippen molar-refractivity contribution in [3.63, 3.8) is 0 Å². The van der Waals surface area contributed by atoms with Crippen LogP contribution in [0.15, 0.2) is 109 Å². The molecule has 0 N–H and O–H groups in total. The number of hydrogen-bond donors (Lipinski definition) is 0. The van der Waals surface area contributed by atoms with Gasteiger partial charge in [0.15, 0.2) is 0 Å². The first-order valence-corrected chi connectivity index (χ1v) is 20.7. The van der Waals surface area contributed by atoms with Crippen LogP contribution in [0.2, 0.25) is 0 Å². The number of ether oxygens (including phenoxy) is 5. The van der Waals surface area contributed by atoms with E-state index in [2.05, 4.69) is 48.5 Å². The smallest absolute Gasteiger partial charge is 0.228 e. The molecule has 8 atom stereocenters. The molecule has 4 saturated heterocycles. The highest BCUT2D eigenvalue weighted by atomic mass is 16.6. The Morgan fingerprint density at radius 2 is 1.05 bits per heavy atom. The highest BCUT2D eigenvalue weighted by Crippen LogP contribution is 2.50. The molecule has 0 unspecified atom stereocenters. The molecule has 0 bridgehead atoms. The summed E-state index contributed by atoms with van der Waals surface area (Å²) >= 11 is 0. The fourth-order valence-corrected chi connectivity index (χ4v) is 9.78. The van der Waals surface area contributed by atoms with E-state index in [1.807, 2.05) is 98.2 Å². The predicted octanol–water partition coefficient (Wildman–Crippen LogP) is 7.63. The average molecular weight is 771 g/mol. The molecule has 4 aromatic carbocycles. The number of para-hydroxylation sites is 1. The zero-order chi connectivity index (χ0) is 39.3. The van der Waals surface area contributed by atoms with Crippen LogP contribution in [0.4, 0.5) is 0 Å². The van der Waals surface area contributed by atoms with Gasteiger partial charge in [-0.05, 0) is 81.7 Å². The maximum absolute atomic E-state index is 13.9. The summed E-state index contributed by atoms with van der Waals surface area (Å²) in [6, 6.07) is 36.9. The fourth-order valence-electron chi connectivity index (χ4n) is 9.78. The van der Waals surface area contributed by atoms with Crippen LogP contribution in [0.25, 0.3) is 0 Å². The molecular weight excluding hydrogens is 717 g/mol. The van der Waals surface area contributed by atoms with Crippen LogP contribution >= 0.6 is 0 Å². The van der Waals surface area contributed by atoms with Crippen molar-refractivity contribution in [2.75, 3.05) is 19.8 Å². The molecule has 2 amide bonds. The monoisotopic (exact) mass is 770 g/mol. The van der Waals surface area contributed by atoms with Crippen molar-refractivity contribution in [2.45, 2.75) is 108 Å². The summed E-state index contributed by atoms with van der Waals surface area (Å²) in [5.74, 6) is 0.941. The lowest BCUT2D eigenvalue weighted by Gasteiger charge is -2.38. The van der Waals surface area contributed by atoms with Gasteiger partial charge < -0.3 is 33.5 Å². The molecule has 4 aromatic rings. The molecule has 298 valence electrons. The lowest BCUT2D eigenvalue weighted by Crippen LogP contribution is -2.48. The quantitative estimate of drug-likeness (QED) is 0.153. The zero-order valence-electron chi connectivity index (χ0n) is 33.4. The Kier molecular flexibility index (Phi) is 10.2. The molecular formula is C48H54N2O7. The summed E-state index contributed by atoms with van der Waals surface area (Å²) in [6.07, 6.45) is 4.16. The second-order valence-corrected chi connectivity index (χ2v) is 17.4. The standard InChI is InChI=1S/C24H27NO4.C24H27NO3/c1-24(2)25(22-19-10-6-7-11-20(19)28-15-21(22)29-24)23(26)17(13-18-14-27-18)12-16-8-4-3-5-9-16;1-24(2)25(22-20-11-7-6-10-17(20)14-21(22)28-24)23(26)18(13-19-15-27-19)12-16-8-4-3-5-9-16/h3-11,17-18,21-22H,12-15H2,1-2H3;3-11,18-19,21-22H,12-15H2,1-2H3/t17-,18+,21-,22+;18-,19+,21-,22+/m11/s1. The van der Waals surface area contributed by atoms with Crippen molar-refractivity contribution in [1.82, 2.24) is 9.80 Å². The number of fused-ring (bicyclic) bond motifs is 6. The lowest BCUT2D eigenvalue weighted by atomic mass is 9.90. The maximum Gasteiger partial charge on any atom is 0.228 e. The van der Waals surface area contributed by atoms with E-state index in [1.54, 1.807) is 0 Å².